The molecule has 3 fully saturated rings. The van der Waals surface area contributed by atoms with Gasteiger partial charge in [0.25, 0.3) is 0 Å². The van der Waals surface area contributed by atoms with Crippen molar-refractivity contribution in [2.24, 2.45) is 29.1 Å². The second kappa shape index (κ2) is 1.78. The molecule has 0 amide bonds. The molecule has 0 aromatic carbocycles. The van der Waals surface area contributed by atoms with Crippen LogP contribution in [0.3, 0.4) is 0 Å². The molecule has 0 radical (unpaired) electrons. The minimum atomic E-state index is 0.499. The van der Waals surface area contributed by atoms with E-state index in [4.69, 9.17) is 0 Å². The van der Waals surface area contributed by atoms with E-state index in [0.29, 0.717) is 17.1 Å². The van der Waals surface area contributed by atoms with Crippen LogP contribution in [0, 0.1) is 29.1 Å². The van der Waals surface area contributed by atoms with Crippen molar-refractivity contribution in [3.63, 3.8) is 0 Å². The van der Waals surface area contributed by atoms with Crippen LogP contribution < -0.4 is 0 Å². The van der Waals surface area contributed by atoms with Gasteiger partial charge in [0.05, 0.1) is 0 Å². The van der Waals surface area contributed by atoms with E-state index in [-0.39, 0.29) is 0 Å². The highest BCUT2D eigenvalue weighted by atomic mass is 16.1. The largest absolute Gasteiger partial charge is 0.299 e. The summed E-state index contributed by atoms with van der Waals surface area (Å²) in [4.78, 5) is 11.6. The van der Waals surface area contributed by atoms with E-state index in [0.717, 1.165) is 24.2 Å². The fraction of sp³-hybridized carbons (Fsp3) is 0.909. The minimum absolute atomic E-state index is 0.499. The molecule has 1 nitrogen and oxygen atoms in total. The van der Waals surface area contributed by atoms with Crippen molar-refractivity contribution in [3.8, 4) is 0 Å². The summed E-state index contributed by atoms with van der Waals surface area (Å²) in [7, 11) is 0. The van der Waals surface area contributed by atoms with Crippen LogP contribution in [0.5, 0.6) is 0 Å². The third kappa shape index (κ3) is 0.571. The van der Waals surface area contributed by atoms with E-state index in [1.165, 1.54) is 12.8 Å². The Morgan fingerprint density at radius 1 is 1.33 bits per heavy atom. The van der Waals surface area contributed by atoms with Crippen molar-refractivity contribution in [1.29, 1.82) is 0 Å². The molecule has 0 aromatic heterocycles. The van der Waals surface area contributed by atoms with Gasteiger partial charge in [0.1, 0.15) is 5.78 Å². The predicted molar refractivity (Wildman–Crippen MR) is 46.6 cm³/mol. The zero-order valence-corrected chi connectivity index (χ0v) is 7.84. The van der Waals surface area contributed by atoms with Crippen LogP contribution in [0.25, 0.3) is 0 Å². The Morgan fingerprint density at radius 3 is 2.75 bits per heavy atom. The lowest BCUT2D eigenvalue weighted by molar-refractivity contribution is -0.131. The van der Waals surface area contributed by atoms with Crippen LogP contribution >= 0.6 is 0 Å². The molecule has 3 aliphatic rings. The minimum Gasteiger partial charge on any atom is -0.299 e. The van der Waals surface area contributed by atoms with Crippen molar-refractivity contribution in [2.45, 2.75) is 33.1 Å². The molecule has 12 heavy (non-hydrogen) atoms. The number of ketones is 1. The van der Waals surface area contributed by atoms with Gasteiger partial charge in [-0.15, -0.1) is 0 Å². The first-order valence-electron chi connectivity index (χ1n) is 5.17. The first-order chi connectivity index (χ1) is 5.64. The average Bonchev–Trinajstić information content (AvgIpc) is 2.39. The Balaban J connectivity index is 1.89. The summed E-state index contributed by atoms with van der Waals surface area (Å²) in [5.41, 5.74) is 0.523. The van der Waals surface area contributed by atoms with Gasteiger partial charge >= 0.3 is 0 Å². The standard InChI is InChI=1S/C11H16O/c1-11(2)9-6-4-3-5-7(12)8(6)10(9)11/h6,8-10H,3-5H2,1-2H3/t6-,8-,9+,10-/m1/s1. The Kier molecular flexibility index (Phi) is 1.06. The van der Waals surface area contributed by atoms with Crippen molar-refractivity contribution in [1.82, 2.24) is 0 Å². The van der Waals surface area contributed by atoms with E-state index in [1.807, 2.05) is 0 Å². The van der Waals surface area contributed by atoms with Crippen LogP contribution in [-0.2, 0) is 4.79 Å². The van der Waals surface area contributed by atoms with Gasteiger partial charge in [0.2, 0.25) is 0 Å². The molecule has 3 rings (SSSR count). The van der Waals surface area contributed by atoms with E-state index >= 15 is 0 Å². The number of carbonyl (C=O) groups is 1. The van der Waals surface area contributed by atoms with Gasteiger partial charge in [0, 0.05) is 12.3 Å². The predicted octanol–water partition coefficient (Wildman–Crippen LogP) is 2.26. The number of rotatable bonds is 0. The molecule has 0 unspecified atom stereocenters. The summed E-state index contributed by atoms with van der Waals surface area (Å²) in [5.74, 6) is 3.59. The molecule has 3 saturated carbocycles. The first kappa shape index (κ1) is 7.11. The molecule has 0 saturated heterocycles. The van der Waals surface area contributed by atoms with E-state index < -0.39 is 0 Å². The summed E-state index contributed by atoms with van der Waals surface area (Å²) in [5, 5.41) is 0. The van der Waals surface area contributed by atoms with E-state index in [2.05, 4.69) is 13.8 Å². The highest BCUT2D eigenvalue weighted by Gasteiger charge is 2.75. The summed E-state index contributed by atoms with van der Waals surface area (Å²) in [6, 6.07) is 0. The smallest absolute Gasteiger partial charge is 0.136 e. The monoisotopic (exact) mass is 164 g/mol. The van der Waals surface area contributed by atoms with Crippen LogP contribution in [0.1, 0.15) is 33.1 Å². The maximum atomic E-state index is 11.6. The van der Waals surface area contributed by atoms with E-state index in [1.54, 1.807) is 0 Å². The maximum Gasteiger partial charge on any atom is 0.136 e. The Labute approximate surface area is 73.5 Å². The second-order valence-corrected chi connectivity index (χ2v) is 5.42. The van der Waals surface area contributed by atoms with Gasteiger partial charge in [-0.2, -0.15) is 0 Å². The summed E-state index contributed by atoms with van der Waals surface area (Å²) < 4.78 is 0. The molecular formula is C11H16O. The molecule has 0 spiro atoms. The highest BCUT2D eigenvalue weighted by Crippen LogP contribution is 2.77. The van der Waals surface area contributed by atoms with Gasteiger partial charge in [-0.1, -0.05) is 13.8 Å². The fourth-order valence-electron chi connectivity index (χ4n) is 4.04. The normalized spacial score (nSPS) is 53.7. The molecule has 66 valence electrons. The number of hydrogen-bond donors (Lipinski definition) is 0. The number of fused-ring (bicyclic) bond motifs is 4. The van der Waals surface area contributed by atoms with Gasteiger partial charge in [0.15, 0.2) is 0 Å². The Bertz CT molecular complexity index is 254. The third-order valence-corrected chi connectivity index (χ3v) is 4.64. The molecule has 0 bridgehead atoms. The Morgan fingerprint density at radius 2 is 2.08 bits per heavy atom. The van der Waals surface area contributed by atoms with Gasteiger partial charge in [-0.25, -0.2) is 0 Å². The molecule has 3 aliphatic carbocycles. The fourth-order valence-corrected chi connectivity index (χ4v) is 4.04. The quantitative estimate of drug-likeness (QED) is 0.536. The molecule has 0 heterocycles. The van der Waals surface area contributed by atoms with Gasteiger partial charge in [-0.3, -0.25) is 4.79 Å². The molecule has 4 atom stereocenters. The Hall–Kier alpha value is -0.330. The second-order valence-electron chi connectivity index (χ2n) is 5.42. The lowest BCUT2D eigenvalue weighted by Crippen LogP contribution is -2.39. The van der Waals surface area contributed by atoms with Gasteiger partial charge in [-0.05, 0) is 36.0 Å². The molecular weight excluding hydrogens is 148 g/mol. The topological polar surface area (TPSA) is 17.1 Å². The molecule has 1 heteroatoms. The lowest BCUT2D eigenvalue weighted by atomic mass is 9.65. The zero-order valence-electron chi connectivity index (χ0n) is 7.84. The van der Waals surface area contributed by atoms with Gasteiger partial charge < -0.3 is 0 Å². The van der Waals surface area contributed by atoms with Crippen LogP contribution in [-0.4, -0.2) is 5.78 Å². The first-order valence-corrected chi connectivity index (χ1v) is 5.17. The van der Waals surface area contributed by atoms with Crippen molar-refractivity contribution >= 4 is 5.78 Å². The lowest BCUT2D eigenvalue weighted by Gasteiger charge is -2.38. The number of hydrogen-bond acceptors (Lipinski definition) is 1. The van der Waals surface area contributed by atoms with Crippen LogP contribution in [0.15, 0.2) is 0 Å². The van der Waals surface area contributed by atoms with Crippen LogP contribution in [0.2, 0.25) is 0 Å². The average molecular weight is 164 g/mol. The summed E-state index contributed by atoms with van der Waals surface area (Å²) in [6.07, 6.45) is 3.38. The highest BCUT2D eigenvalue weighted by molar-refractivity contribution is 5.84. The molecule has 0 N–H and O–H groups in total. The number of Topliss-reactive ketones (excluding diaryl/α,β-unsaturated/α-hetero) is 1. The van der Waals surface area contributed by atoms with Crippen LogP contribution in [0.4, 0.5) is 0 Å². The molecule has 0 aromatic rings. The zero-order chi connectivity index (χ0) is 8.51. The summed E-state index contributed by atoms with van der Waals surface area (Å²) >= 11 is 0. The summed E-state index contributed by atoms with van der Waals surface area (Å²) in [6.45, 7) is 4.68. The number of carbonyl (C=O) groups excluding carboxylic acids is 1. The van der Waals surface area contributed by atoms with E-state index in [9.17, 15) is 4.79 Å². The molecule has 0 aliphatic heterocycles. The van der Waals surface area contributed by atoms with Crippen molar-refractivity contribution in [2.75, 3.05) is 0 Å². The SMILES string of the molecule is CC1(C)[C@@H]2[C@H]3C(=O)CCC[C@H]3[C@@H]21. The van der Waals surface area contributed by atoms with Crippen molar-refractivity contribution in [3.05, 3.63) is 0 Å². The van der Waals surface area contributed by atoms with Crippen molar-refractivity contribution < 1.29 is 4.79 Å². The third-order valence-electron chi connectivity index (χ3n) is 4.64. The maximum absolute atomic E-state index is 11.6.